The maximum absolute atomic E-state index is 3.60. The van der Waals surface area contributed by atoms with Gasteiger partial charge >= 0.3 is 0 Å². The third-order valence-corrected chi connectivity index (χ3v) is 3.51. The lowest BCUT2D eigenvalue weighted by Crippen LogP contribution is -2.35. The van der Waals surface area contributed by atoms with Gasteiger partial charge in [-0.05, 0) is 48.9 Å². The minimum atomic E-state index is 0.682. The smallest absolute Gasteiger partial charge is 0.0456 e. The van der Waals surface area contributed by atoms with Crippen molar-refractivity contribution in [2.24, 2.45) is 0 Å². The Hall–Kier alpha value is -1.28. The van der Waals surface area contributed by atoms with Gasteiger partial charge in [0.2, 0.25) is 0 Å². The standard InChI is InChI=1S/C14H18N2/c1-2-7-15-13(3-1)9-11-4-5-12-6-8-16-14(12)10-11/h4-6,8,10,13,15-16H,1-3,7,9H2. The number of nitrogens with one attached hydrogen (secondary N) is 2. The summed E-state index contributed by atoms with van der Waals surface area (Å²) in [6.45, 7) is 1.19. The van der Waals surface area contributed by atoms with Crippen LogP contribution in [0.2, 0.25) is 0 Å². The molecule has 0 aliphatic carbocycles. The van der Waals surface area contributed by atoms with Crippen molar-refractivity contribution in [1.82, 2.24) is 10.3 Å². The molecule has 2 nitrogen and oxygen atoms in total. The SMILES string of the molecule is c1cc2ccc(CC3CCCCN3)cc2[nH]1. The summed E-state index contributed by atoms with van der Waals surface area (Å²) in [6.07, 6.45) is 7.21. The molecule has 2 heteroatoms. The van der Waals surface area contributed by atoms with Crippen LogP contribution in [0.5, 0.6) is 0 Å². The molecule has 1 aromatic heterocycles. The molecule has 1 fully saturated rings. The second-order valence-electron chi connectivity index (χ2n) is 4.75. The minimum absolute atomic E-state index is 0.682. The van der Waals surface area contributed by atoms with Crippen LogP contribution < -0.4 is 5.32 Å². The lowest BCUT2D eigenvalue weighted by Gasteiger charge is -2.23. The van der Waals surface area contributed by atoms with E-state index in [9.17, 15) is 0 Å². The van der Waals surface area contributed by atoms with Crippen molar-refractivity contribution < 1.29 is 0 Å². The number of benzene rings is 1. The molecule has 0 amide bonds. The third-order valence-electron chi connectivity index (χ3n) is 3.51. The highest BCUT2D eigenvalue weighted by atomic mass is 14.9. The zero-order valence-electron chi connectivity index (χ0n) is 9.50. The van der Waals surface area contributed by atoms with Crippen LogP contribution in [-0.4, -0.2) is 17.6 Å². The van der Waals surface area contributed by atoms with Crippen molar-refractivity contribution in [3.63, 3.8) is 0 Å². The Kier molecular flexibility index (Phi) is 2.66. The maximum Gasteiger partial charge on any atom is 0.0456 e. The Bertz CT molecular complexity index is 466. The molecule has 3 rings (SSSR count). The van der Waals surface area contributed by atoms with E-state index in [-0.39, 0.29) is 0 Å². The molecule has 1 aliphatic rings. The third kappa shape index (κ3) is 1.98. The monoisotopic (exact) mass is 214 g/mol. The van der Waals surface area contributed by atoms with Crippen molar-refractivity contribution in [2.45, 2.75) is 31.7 Å². The highest BCUT2D eigenvalue weighted by molar-refractivity contribution is 5.79. The van der Waals surface area contributed by atoms with Crippen molar-refractivity contribution in [3.05, 3.63) is 36.0 Å². The Morgan fingerprint density at radius 3 is 3.06 bits per heavy atom. The van der Waals surface area contributed by atoms with Crippen LogP contribution in [0.4, 0.5) is 0 Å². The zero-order valence-corrected chi connectivity index (χ0v) is 9.50. The van der Waals surface area contributed by atoms with Gasteiger partial charge in [0.1, 0.15) is 0 Å². The summed E-state index contributed by atoms with van der Waals surface area (Å²) in [5.41, 5.74) is 2.70. The summed E-state index contributed by atoms with van der Waals surface area (Å²) < 4.78 is 0. The fourth-order valence-corrected chi connectivity index (χ4v) is 2.60. The normalized spacial score (nSPS) is 21.4. The number of hydrogen-bond acceptors (Lipinski definition) is 1. The zero-order chi connectivity index (χ0) is 10.8. The molecule has 0 saturated carbocycles. The number of hydrogen-bond donors (Lipinski definition) is 2. The van der Waals surface area contributed by atoms with Crippen molar-refractivity contribution >= 4 is 10.9 Å². The molecule has 1 unspecified atom stereocenters. The van der Waals surface area contributed by atoms with Crippen LogP contribution in [-0.2, 0) is 6.42 Å². The summed E-state index contributed by atoms with van der Waals surface area (Å²) in [7, 11) is 0. The average Bonchev–Trinajstić information content (AvgIpc) is 2.77. The van der Waals surface area contributed by atoms with Crippen LogP contribution in [0, 0.1) is 0 Å². The predicted octanol–water partition coefficient (Wildman–Crippen LogP) is 2.85. The van der Waals surface area contributed by atoms with E-state index >= 15 is 0 Å². The quantitative estimate of drug-likeness (QED) is 0.790. The van der Waals surface area contributed by atoms with E-state index in [0.29, 0.717) is 6.04 Å². The van der Waals surface area contributed by atoms with Crippen molar-refractivity contribution in [1.29, 1.82) is 0 Å². The molecule has 1 atom stereocenters. The minimum Gasteiger partial charge on any atom is -0.361 e. The van der Waals surface area contributed by atoms with E-state index in [4.69, 9.17) is 0 Å². The summed E-state index contributed by atoms with van der Waals surface area (Å²) in [4.78, 5) is 3.28. The Labute approximate surface area is 96.1 Å². The van der Waals surface area contributed by atoms with E-state index in [1.54, 1.807) is 0 Å². The molecule has 1 saturated heterocycles. The summed E-state index contributed by atoms with van der Waals surface area (Å²) >= 11 is 0. The van der Waals surface area contributed by atoms with Crippen LogP contribution in [0.25, 0.3) is 10.9 Å². The van der Waals surface area contributed by atoms with Gasteiger partial charge in [0.15, 0.2) is 0 Å². The van der Waals surface area contributed by atoms with E-state index < -0.39 is 0 Å². The second-order valence-corrected chi connectivity index (χ2v) is 4.75. The molecule has 2 aromatic rings. The molecular weight excluding hydrogens is 196 g/mol. The molecule has 2 heterocycles. The van der Waals surface area contributed by atoms with Gasteiger partial charge in [-0.2, -0.15) is 0 Å². The molecule has 0 bridgehead atoms. The summed E-state index contributed by atoms with van der Waals surface area (Å²) in [5, 5.41) is 4.91. The Balaban J connectivity index is 1.77. The molecule has 1 aliphatic heterocycles. The largest absolute Gasteiger partial charge is 0.361 e. The van der Waals surface area contributed by atoms with Gasteiger partial charge < -0.3 is 10.3 Å². The number of piperidine rings is 1. The lowest BCUT2D eigenvalue weighted by atomic mass is 9.97. The molecular formula is C14H18N2. The van der Waals surface area contributed by atoms with Gasteiger partial charge in [0.25, 0.3) is 0 Å². The van der Waals surface area contributed by atoms with Gasteiger partial charge in [-0.1, -0.05) is 18.6 Å². The van der Waals surface area contributed by atoms with E-state index in [2.05, 4.69) is 34.6 Å². The molecule has 0 spiro atoms. The van der Waals surface area contributed by atoms with Gasteiger partial charge in [0, 0.05) is 17.8 Å². The van der Waals surface area contributed by atoms with Gasteiger partial charge in [-0.3, -0.25) is 0 Å². The first kappa shape index (κ1) is 9.91. The van der Waals surface area contributed by atoms with E-state index in [1.165, 1.54) is 42.3 Å². The predicted molar refractivity (Wildman–Crippen MR) is 67.6 cm³/mol. The first-order valence-electron chi connectivity index (χ1n) is 6.21. The van der Waals surface area contributed by atoms with Crippen LogP contribution in [0.15, 0.2) is 30.5 Å². The maximum atomic E-state index is 3.60. The van der Waals surface area contributed by atoms with Crippen LogP contribution >= 0.6 is 0 Å². The van der Waals surface area contributed by atoms with E-state index in [1.807, 2.05) is 6.20 Å². The average molecular weight is 214 g/mol. The highest BCUT2D eigenvalue weighted by Gasteiger charge is 2.12. The number of aromatic amines is 1. The summed E-state index contributed by atoms with van der Waals surface area (Å²) in [6, 6.07) is 9.56. The highest BCUT2D eigenvalue weighted by Crippen LogP contribution is 2.17. The van der Waals surface area contributed by atoms with Crippen molar-refractivity contribution in [2.75, 3.05) is 6.54 Å². The number of rotatable bonds is 2. The number of aromatic nitrogens is 1. The fraction of sp³-hybridized carbons (Fsp3) is 0.429. The van der Waals surface area contributed by atoms with Crippen LogP contribution in [0.1, 0.15) is 24.8 Å². The molecule has 2 N–H and O–H groups in total. The number of fused-ring (bicyclic) bond motifs is 1. The molecule has 16 heavy (non-hydrogen) atoms. The summed E-state index contributed by atoms with van der Waals surface area (Å²) in [5.74, 6) is 0. The first-order valence-corrected chi connectivity index (χ1v) is 6.21. The topological polar surface area (TPSA) is 27.8 Å². The van der Waals surface area contributed by atoms with Crippen LogP contribution in [0.3, 0.4) is 0 Å². The molecule has 84 valence electrons. The number of H-pyrrole nitrogens is 1. The van der Waals surface area contributed by atoms with E-state index in [0.717, 1.165) is 6.42 Å². The van der Waals surface area contributed by atoms with Gasteiger partial charge in [0.05, 0.1) is 0 Å². The second kappa shape index (κ2) is 4.30. The Morgan fingerprint density at radius 2 is 2.19 bits per heavy atom. The molecule has 0 radical (unpaired) electrons. The first-order chi connectivity index (χ1) is 7.92. The fourth-order valence-electron chi connectivity index (χ4n) is 2.60. The Morgan fingerprint density at radius 1 is 1.19 bits per heavy atom. The lowest BCUT2D eigenvalue weighted by molar-refractivity contribution is 0.399. The van der Waals surface area contributed by atoms with Gasteiger partial charge in [-0.15, -0.1) is 0 Å². The van der Waals surface area contributed by atoms with Crippen molar-refractivity contribution in [3.8, 4) is 0 Å². The molecule has 1 aromatic carbocycles. The van der Waals surface area contributed by atoms with Gasteiger partial charge in [-0.25, -0.2) is 0 Å².